The third-order valence-corrected chi connectivity index (χ3v) is 17.8. The number of anilines is 1. The maximum absolute atomic E-state index is 14.0. The van der Waals surface area contributed by atoms with Crippen molar-refractivity contribution in [2.24, 2.45) is 35.5 Å². The maximum atomic E-state index is 14.0. The van der Waals surface area contributed by atoms with Crippen LogP contribution in [-0.4, -0.2) is 246 Å². The number of nitrogens with two attached hydrogens (primary N) is 2. The minimum atomic E-state index is -1.04. The molecule has 1 saturated heterocycles. The number of ether oxygens (including phenoxy) is 9. The number of piperidine rings is 1. The van der Waals surface area contributed by atoms with Crippen LogP contribution in [0.2, 0.25) is 0 Å². The van der Waals surface area contributed by atoms with Crippen LogP contribution in [0.5, 0.6) is 0 Å². The summed E-state index contributed by atoms with van der Waals surface area (Å²) in [5.74, 6) is -5.20. The quantitative estimate of drug-likeness (QED) is 0.0230. The van der Waals surface area contributed by atoms with Crippen LogP contribution in [0, 0.1) is 13.8 Å². The van der Waals surface area contributed by atoms with Gasteiger partial charge < -0.3 is 88.3 Å². The highest BCUT2D eigenvalue weighted by atomic mass is 16.6. The van der Waals surface area contributed by atoms with E-state index < -0.39 is 65.3 Å². The van der Waals surface area contributed by atoms with Crippen molar-refractivity contribution in [1.82, 2.24) is 58.7 Å². The Morgan fingerprint density at radius 1 is 0.560 bits per heavy atom. The van der Waals surface area contributed by atoms with Crippen molar-refractivity contribution >= 4 is 86.8 Å². The summed E-state index contributed by atoms with van der Waals surface area (Å²) < 4.78 is 61.4. The van der Waals surface area contributed by atoms with Crippen LogP contribution in [-0.2, 0) is 102 Å². The molecule has 588 valence electrons. The number of amides is 10. The van der Waals surface area contributed by atoms with E-state index in [9.17, 15) is 47.9 Å². The smallest absolute Gasteiger partial charge is 0.298 e. The van der Waals surface area contributed by atoms with E-state index in [1.165, 1.54) is 6.07 Å². The number of imide groups is 2. The van der Waals surface area contributed by atoms with Crippen LogP contribution >= 0.6 is 0 Å². The van der Waals surface area contributed by atoms with Crippen LogP contribution < -0.4 is 44.0 Å². The van der Waals surface area contributed by atoms with Crippen LogP contribution in [0.25, 0.3) is 22.1 Å². The molecule has 6 heterocycles. The molecule has 4 aromatic heterocycles. The van der Waals surface area contributed by atoms with Crippen molar-refractivity contribution in [2.45, 2.75) is 98.1 Å². The van der Waals surface area contributed by atoms with Gasteiger partial charge in [0.2, 0.25) is 46.7 Å². The Kier molecular flexibility index (Phi) is 31.2. The monoisotopic (exact) mass is 1520 g/mol. The molecule has 1 atom stereocenters. The molecule has 1 unspecified atom stereocenters. The van der Waals surface area contributed by atoms with Gasteiger partial charge in [-0.3, -0.25) is 67.5 Å². The number of aryl methyl sites for hydroxylation is 8. The third kappa shape index (κ3) is 22.6. The molecule has 7 aromatic rings. The Morgan fingerprint density at radius 2 is 1.01 bits per heavy atom. The fourth-order valence-corrected chi connectivity index (χ4v) is 12.4. The van der Waals surface area contributed by atoms with Gasteiger partial charge >= 0.3 is 0 Å². The lowest BCUT2D eigenvalue weighted by Gasteiger charge is -2.27. The average molecular weight is 1520 g/mol. The van der Waals surface area contributed by atoms with Gasteiger partial charge in [-0.25, -0.2) is 0 Å². The molecule has 36 nitrogen and oxygen atoms in total. The normalized spacial score (nSPS) is 14.3. The minimum Gasteiger partial charge on any atom is -0.382 e. The number of rotatable bonds is 47. The molecule has 9 rings (SSSR count). The molecule has 2 aliphatic rings. The van der Waals surface area contributed by atoms with E-state index in [1.54, 1.807) is 107 Å². The van der Waals surface area contributed by atoms with Gasteiger partial charge in [0.05, 0.1) is 156 Å². The number of primary amides is 2. The van der Waals surface area contributed by atoms with Gasteiger partial charge in [0.25, 0.3) is 23.6 Å². The number of carbonyl (C=O) groups excluding carboxylic acids is 10. The van der Waals surface area contributed by atoms with Crippen molar-refractivity contribution in [3.8, 4) is 0 Å². The zero-order valence-electron chi connectivity index (χ0n) is 62.3. The van der Waals surface area contributed by atoms with Gasteiger partial charge in [-0.05, 0) is 108 Å². The first-order valence-corrected chi connectivity index (χ1v) is 36.3. The standard InChI is InChI=1S/C73H97N17O19/c1-7-88-59(42-47(3)82-88)68(97)80-72-84(5)57-44-49(65(74)94)12-14-54(57)86(72)24-18-51(19-25-87-55-15-13-50(66(75)95)45-58(55)85(6)73(87)81-69(98)60-43-48(4)83-89(60)8-2)109-46-63(93)78-23-29-104-33-37-108-39-38-105-34-30-101-26-20-61(91)77-22-28-103-32-36-107-41-40-106-35-31-102-27-21-76-53-11-9-10-52-64(53)71(100)90(70(52)99)56-16-17-62(92)79-67(56)96/h9-15,42-45,51,56,76H,7-8,16-41,46H2,1-6H3,(H2,74,94)(H2,75,95)(H,77,91)(H,78,93)(H,79,92,96). The summed E-state index contributed by atoms with van der Waals surface area (Å²) in [5.41, 5.74) is 17.6. The second kappa shape index (κ2) is 41.2. The Labute approximate surface area is 627 Å². The highest BCUT2D eigenvalue weighted by molar-refractivity contribution is 6.25. The van der Waals surface area contributed by atoms with Crippen LogP contribution in [0.1, 0.15) is 120 Å². The molecular formula is C73H97N17O19. The molecule has 3 aromatic carbocycles. The molecule has 10 amide bonds. The highest BCUT2D eigenvalue weighted by Gasteiger charge is 2.45. The van der Waals surface area contributed by atoms with Crippen molar-refractivity contribution in [3.63, 3.8) is 0 Å². The Balaban J connectivity index is 0.628. The molecule has 0 bridgehead atoms. The number of nitrogens with zero attached hydrogens (tertiary/aromatic N) is 11. The fourth-order valence-electron chi connectivity index (χ4n) is 12.4. The molecule has 0 aliphatic carbocycles. The number of imidazole rings is 2. The number of carbonyl (C=O) groups is 10. The van der Waals surface area contributed by atoms with Crippen molar-refractivity contribution in [3.05, 3.63) is 123 Å². The predicted octanol–water partition coefficient (Wildman–Crippen LogP) is 1.14. The van der Waals surface area contributed by atoms with E-state index in [2.05, 4.69) is 41.4 Å². The zero-order valence-corrected chi connectivity index (χ0v) is 62.3. The summed E-state index contributed by atoms with van der Waals surface area (Å²) in [5, 5.41) is 19.8. The molecule has 109 heavy (non-hydrogen) atoms. The molecule has 8 N–H and O–H groups in total. The molecule has 0 spiro atoms. The Morgan fingerprint density at radius 3 is 1.47 bits per heavy atom. The van der Waals surface area contributed by atoms with Crippen LogP contribution in [0.3, 0.4) is 0 Å². The van der Waals surface area contributed by atoms with Gasteiger partial charge in [0.15, 0.2) is 0 Å². The zero-order chi connectivity index (χ0) is 77.9. The van der Waals surface area contributed by atoms with Gasteiger partial charge in [0, 0.05) is 89.6 Å². The van der Waals surface area contributed by atoms with E-state index in [1.807, 2.05) is 23.0 Å². The van der Waals surface area contributed by atoms with E-state index in [4.69, 9.17) is 54.1 Å². The van der Waals surface area contributed by atoms with Gasteiger partial charge in [-0.15, -0.1) is 0 Å². The number of benzene rings is 3. The largest absolute Gasteiger partial charge is 0.382 e. The van der Waals surface area contributed by atoms with E-state index in [-0.39, 0.29) is 124 Å². The van der Waals surface area contributed by atoms with Crippen molar-refractivity contribution in [2.75, 3.05) is 137 Å². The molecule has 1 fully saturated rings. The van der Waals surface area contributed by atoms with Crippen molar-refractivity contribution < 1.29 is 90.6 Å². The van der Waals surface area contributed by atoms with E-state index in [0.29, 0.717) is 156 Å². The summed E-state index contributed by atoms with van der Waals surface area (Å²) in [6, 6.07) is 17.1. The highest BCUT2D eigenvalue weighted by Crippen LogP contribution is 2.32. The summed E-state index contributed by atoms with van der Waals surface area (Å²) in [6.07, 6.45) is 0.151. The molecule has 36 heteroatoms. The SMILES string of the molecule is CCn1nc(C)cc1C(=O)N=c1n(C)c2cc(C(N)=O)ccc2n1CCC(CCn1c(=NC(=O)c2cc(C)nn2CC)n(C)c2cc(C(N)=O)ccc21)OCC(=O)NCCOCCOCCOCCOCCC(=O)NCCOCCOCCOCCOCCNc1cccc2c1C(=O)N(C1CCC(=O)NC1=O)C2=O. The average Bonchev–Trinajstić information content (AvgIpc) is 1.64. The first kappa shape index (κ1) is 82.6. The lowest BCUT2D eigenvalue weighted by Crippen LogP contribution is -2.54. The fraction of sp³-hybridized carbons (Fsp3) is 0.507. The topological polar surface area (TPSA) is 437 Å². The van der Waals surface area contributed by atoms with E-state index in [0.717, 1.165) is 4.90 Å². The van der Waals surface area contributed by atoms with E-state index >= 15 is 0 Å². The summed E-state index contributed by atoms with van der Waals surface area (Å²) in [6.45, 7) is 13.9. The summed E-state index contributed by atoms with van der Waals surface area (Å²) in [4.78, 5) is 139. The number of nitrogens with one attached hydrogen (secondary N) is 4. The van der Waals surface area contributed by atoms with Gasteiger partial charge in [0.1, 0.15) is 24.0 Å². The van der Waals surface area contributed by atoms with Crippen LogP contribution in [0.4, 0.5) is 5.69 Å². The Bertz CT molecular complexity index is 4370. The predicted molar refractivity (Wildman–Crippen MR) is 392 cm³/mol. The molecule has 2 aliphatic heterocycles. The number of hydrogen-bond donors (Lipinski definition) is 6. The Hall–Kier alpha value is -10.4. The number of aromatic nitrogens is 8. The lowest BCUT2D eigenvalue weighted by atomic mass is 10.0. The first-order valence-electron chi connectivity index (χ1n) is 36.3. The second-order valence-electron chi connectivity index (χ2n) is 25.4. The number of fused-ring (bicyclic) bond motifs is 3. The van der Waals surface area contributed by atoms with Crippen LogP contribution in [0.15, 0.2) is 76.7 Å². The summed E-state index contributed by atoms with van der Waals surface area (Å²) in [7, 11) is 3.46. The third-order valence-electron chi connectivity index (χ3n) is 17.8. The molecular weight excluding hydrogens is 1420 g/mol. The van der Waals surface area contributed by atoms with Gasteiger partial charge in [-0.2, -0.15) is 20.2 Å². The maximum Gasteiger partial charge on any atom is 0.298 e. The lowest BCUT2D eigenvalue weighted by molar-refractivity contribution is -0.136. The van der Waals surface area contributed by atoms with Crippen molar-refractivity contribution in [1.29, 1.82) is 0 Å². The molecule has 0 saturated carbocycles. The second-order valence-corrected chi connectivity index (χ2v) is 25.4. The minimum absolute atomic E-state index is 0.0390. The molecule has 0 radical (unpaired) electrons. The van der Waals surface area contributed by atoms with Gasteiger partial charge in [-0.1, -0.05) is 6.07 Å². The first-order chi connectivity index (χ1) is 52.7. The summed E-state index contributed by atoms with van der Waals surface area (Å²) >= 11 is 0. The number of hydrogen-bond acceptors (Lipinski definition) is 22.